The van der Waals surface area contributed by atoms with Gasteiger partial charge in [-0.2, -0.15) is 0 Å². The summed E-state index contributed by atoms with van der Waals surface area (Å²) in [5.41, 5.74) is 1.83. The van der Waals surface area contributed by atoms with Crippen molar-refractivity contribution in [3.05, 3.63) is 42.1 Å². The number of rotatable bonds is 4. The predicted molar refractivity (Wildman–Crippen MR) is 87.9 cm³/mol. The molecule has 24 heavy (non-hydrogen) atoms. The minimum atomic E-state index is -0.265. The largest absolute Gasteiger partial charge is 0.367 e. The minimum Gasteiger partial charge on any atom is -0.367 e. The van der Waals surface area contributed by atoms with Gasteiger partial charge in [-0.05, 0) is 43.7 Å². The summed E-state index contributed by atoms with van der Waals surface area (Å²) in [5.74, 6) is 0.566. The van der Waals surface area contributed by atoms with Gasteiger partial charge in [0.1, 0.15) is 18.2 Å². The molecule has 1 aliphatic heterocycles. The number of amides is 2. The highest BCUT2D eigenvalue weighted by Crippen LogP contribution is 2.24. The number of hydrogen-bond acceptors (Lipinski definition) is 3. The van der Waals surface area contributed by atoms with Gasteiger partial charge in [0, 0.05) is 12.6 Å². The van der Waals surface area contributed by atoms with E-state index in [2.05, 4.69) is 20.2 Å². The molecule has 2 amide bonds. The van der Waals surface area contributed by atoms with E-state index in [1.807, 2.05) is 13.8 Å². The molecule has 1 atom stereocenters. The Morgan fingerprint density at radius 3 is 2.88 bits per heavy atom. The summed E-state index contributed by atoms with van der Waals surface area (Å²) < 4.78 is 20.9. The molecule has 2 heterocycles. The Morgan fingerprint density at radius 2 is 2.17 bits per heavy atom. The summed E-state index contributed by atoms with van der Waals surface area (Å²) >= 11 is 0. The van der Waals surface area contributed by atoms with Gasteiger partial charge in [0.25, 0.3) is 0 Å². The summed E-state index contributed by atoms with van der Waals surface area (Å²) in [6.07, 6.45) is 1.64. The highest BCUT2D eigenvalue weighted by molar-refractivity contribution is 5.74. The molecule has 0 radical (unpaired) electrons. The fourth-order valence-corrected chi connectivity index (χ4v) is 2.68. The highest BCUT2D eigenvalue weighted by atomic mass is 19.1. The van der Waals surface area contributed by atoms with Gasteiger partial charge in [-0.3, -0.25) is 0 Å². The van der Waals surface area contributed by atoms with E-state index in [1.165, 1.54) is 12.1 Å². The van der Waals surface area contributed by atoms with Crippen LogP contribution in [0, 0.1) is 5.82 Å². The SMILES string of the molecule is CC(C)NC(=O)NC[C@H]1Cn2c(-c3ccc(F)cc3)cnc2CO1. The van der Waals surface area contributed by atoms with Crippen LogP contribution in [-0.2, 0) is 17.9 Å². The Labute approximate surface area is 140 Å². The summed E-state index contributed by atoms with van der Waals surface area (Å²) in [6.45, 7) is 5.20. The first kappa shape index (κ1) is 16.4. The molecule has 0 spiro atoms. The second kappa shape index (κ2) is 7.00. The zero-order valence-corrected chi connectivity index (χ0v) is 13.8. The van der Waals surface area contributed by atoms with Gasteiger partial charge in [-0.25, -0.2) is 14.2 Å². The molecule has 1 aliphatic rings. The monoisotopic (exact) mass is 332 g/mol. The Kier molecular flexibility index (Phi) is 4.80. The van der Waals surface area contributed by atoms with Crippen LogP contribution in [0.4, 0.5) is 9.18 Å². The van der Waals surface area contributed by atoms with Gasteiger partial charge < -0.3 is 19.9 Å². The third kappa shape index (κ3) is 3.73. The number of fused-ring (bicyclic) bond motifs is 1. The zero-order chi connectivity index (χ0) is 17.1. The van der Waals surface area contributed by atoms with Crippen molar-refractivity contribution in [2.75, 3.05) is 6.54 Å². The average Bonchev–Trinajstić information content (AvgIpc) is 2.96. The smallest absolute Gasteiger partial charge is 0.315 e. The van der Waals surface area contributed by atoms with Gasteiger partial charge in [0.2, 0.25) is 0 Å². The average molecular weight is 332 g/mol. The molecule has 0 saturated heterocycles. The molecule has 1 aromatic heterocycles. The molecule has 7 heteroatoms. The molecule has 2 aromatic rings. The van der Waals surface area contributed by atoms with Gasteiger partial charge in [-0.15, -0.1) is 0 Å². The Bertz CT molecular complexity index is 712. The lowest BCUT2D eigenvalue weighted by molar-refractivity contribution is 0.00489. The highest BCUT2D eigenvalue weighted by Gasteiger charge is 2.23. The van der Waals surface area contributed by atoms with E-state index in [-0.39, 0.29) is 24.0 Å². The van der Waals surface area contributed by atoms with E-state index in [4.69, 9.17) is 4.74 Å². The van der Waals surface area contributed by atoms with Crippen LogP contribution in [0.1, 0.15) is 19.7 Å². The van der Waals surface area contributed by atoms with Gasteiger partial charge in [0.05, 0.1) is 24.5 Å². The predicted octanol–water partition coefficient (Wildman–Crippen LogP) is 2.30. The van der Waals surface area contributed by atoms with Crippen LogP contribution in [-0.4, -0.2) is 34.3 Å². The minimum absolute atomic E-state index is 0.0857. The number of nitrogens with one attached hydrogen (secondary N) is 2. The van der Waals surface area contributed by atoms with E-state index < -0.39 is 0 Å². The quantitative estimate of drug-likeness (QED) is 0.903. The molecular weight excluding hydrogens is 311 g/mol. The van der Waals surface area contributed by atoms with Crippen LogP contribution in [0.3, 0.4) is 0 Å². The molecule has 1 aromatic carbocycles. The van der Waals surface area contributed by atoms with Crippen molar-refractivity contribution in [2.24, 2.45) is 0 Å². The second-order valence-corrected chi connectivity index (χ2v) is 6.12. The number of halogens is 1. The number of nitrogens with zero attached hydrogens (tertiary/aromatic N) is 2. The lowest BCUT2D eigenvalue weighted by Crippen LogP contribution is -2.45. The molecule has 0 unspecified atom stereocenters. The summed E-state index contributed by atoms with van der Waals surface area (Å²) in [4.78, 5) is 16.0. The van der Waals surface area contributed by atoms with E-state index in [0.717, 1.165) is 17.1 Å². The third-order valence-corrected chi connectivity index (χ3v) is 3.82. The van der Waals surface area contributed by atoms with Crippen molar-refractivity contribution >= 4 is 6.03 Å². The van der Waals surface area contributed by atoms with Crippen molar-refractivity contribution in [2.45, 2.75) is 39.1 Å². The fraction of sp³-hybridized carbons (Fsp3) is 0.412. The number of imidazole rings is 1. The van der Waals surface area contributed by atoms with E-state index in [1.54, 1.807) is 18.3 Å². The van der Waals surface area contributed by atoms with Crippen LogP contribution in [0.25, 0.3) is 11.3 Å². The number of ether oxygens (including phenoxy) is 1. The number of benzene rings is 1. The molecule has 6 nitrogen and oxygen atoms in total. The molecule has 128 valence electrons. The van der Waals surface area contributed by atoms with Gasteiger partial charge in [0.15, 0.2) is 0 Å². The fourth-order valence-electron chi connectivity index (χ4n) is 2.68. The van der Waals surface area contributed by atoms with Crippen molar-refractivity contribution in [1.29, 1.82) is 0 Å². The second-order valence-electron chi connectivity index (χ2n) is 6.12. The first-order valence-corrected chi connectivity index (χ1v) is 7.99. The van der Waals surface area contributed by atoms with E-state index >= 15 is 0 Å². The van der Waals surface area contributed by atoms with Crippen molar-refractivity contribution < 1.29 is 13.9 Å². The lowest BCUT2D eigenvalue weighted by Gasteiger charge is -2.26. The topological polar surface area (TPSA) is 68.2 Å². The maximum Gasteiger partial charge on any atom is 0.315 e. The number of aromatic nitrogens is 2. The number of hydrogen-bond donors (Lipinski definition) is 2. The van der Waals surface area contributed by atoms with Crippen LogP contribution < -0.4 is 10.6 Å². The summed E-state index contributed by atoms with van der Waals surface area (Å²) in [6, 6.07) is 6.22. The summed E-state index contributed by atoms with van der Waals surface area (Å²) in [7, 11) is 0. The van der Waals surface area contributed by atoms with Crippen molar-refractivity contribution in [3.63, 3.8) is 0 Å². The van der Waals surface area contributed by atoms with Crippen molar-refractivity contribution in [1.82, 2.24) is 20.2 Å². The van der Waals surface area contributed by atoms with Crippen LogP contribution in [0.2, 0.25) is 0 Å². The van der Waals surface area contributed by atoms with Gasteiger partial charge >= 0.3 is 6.03 Å². The first-order valence-electron chi connectivity index (χ1n) is 7.99. The zero-order valence-electron chi connectivity index (χ0n) is 13.8. The maximum atomic E-state index is 13.1. The summed E-state index contributed by atoms with van der Waals surface area (Å²) in [5, 5.41) is 5.59. The molecule has 0 bridgehead atoms. The van der Waals surface area contributed by atoms with Crippen LogP contribution >= 0.6 is 0 Å². The normalized spacial score (nSPS) is 16.8. The molecule has 0 aliphatic carbocycles. The Hall–Kier alpha value is -2.41. The maximum absolute atomic E-state index is 13.1. The van der Waals surface area contributed by atoms with Gasteiger partial charge in [-0.1, -0.05) is 0 Å². The first-order chi connectivity index (χ1) is 11.5. The number of urea groups is 1. The van der Waals surface area contributed by atoms with E-state index in [0.29, 0.717) is 19.7 Å². The molecule has 0 fully saturated rings. The number of carbonyl (C=O) groups is 1. The van der Waals surface area contributed by atoms with E-state index in [9.17, 15) is 9.18 Å². The lowest BCUT2D eigenvalue weighted by atomic mass is 10.1. The van der Waals surface area contributed by atoms with Crippen LogP contribution in [0.5, 0.6) is 0 Å². The molecular formula is C17H21FN4O2. The molecule has 3 rings (SSSR count). The Morgan fingerprint density at radius 1 is 1.42 bits per heavy atom. The standard InChI is InChI=1S/C17H21FN4O2/c1-11(2)21-17(23)20-7-14-9-22-15(8-19-16(22)10-24-14)12-3-5-13(18)6-4-12/h3-6,8,11,14H,7,9-10H2,1-2H3,(H2,20,21,23)/t14-/m0/s1. The van der Waals surface area contributed by atoms with Crippen molar-refractivity contribution in [3.8, 4) is 11.3 Å². The molecule has 0 saturated carbocycles. The molecule has 2 N–H and O–H groups in total. The van der Waals surface area contributed by atoms with Crippen LogP contribution in [0.15, 0.2) is 30.5 Å². The number of carbonyl (C=O) groups excluding carboxylic acids is 1. The Balaban J connectivity index is 1.68. The third-order valence-electron chi connectivity index (χ3n) is 3.82.